The average Bonchev–Trinajstić information content (AvgIpc) is 3.77. The summed E-state index contributed by atoms with van der Waals surface area (Å²) < 4.78 is 17.7. The van der Waals surface area contributed by atoms with Crippen LogP contribution in [-0.2, 0) is 33.4 Å². The number of hydrogen-bond donors (Lipinski definition) is 3. The van der Waals surface area contributed by atoms with Gasteiger partial charge < -0.3 is 39.8 Å². The summed E-state index contributed by atoms with van der Waals surface area (Å²) in [5, 5.41) is 17.9. The molecule has 2 fully saturated rings. The van der Waals surface area contributed by atoms with E-state index in [9.17, 15) is 29.1 Å². The SMILES string of the molecule is CC[C@H](C)[C@@H]([C@@H](CC(=O)N1CCC[C@@H]1[C@H](OC)[C@@H](C)C(=O)N[C@H](C)C[C@]1(O)C=CC=CC1)OC)N(C)C(=O)[C@@H](NC(=O)[C@H](C(C)C)N(C)C(=O)OCC1(SSc2ccccn2)CCC1)C(C)C. The molecule has 17 heteroatoms. The van der Waals surface area contributed by atoms with E-state index in [0.717, 1.165) is 30.7 Å². The molecule has 376 valence electrons. The highest BCUT2D eigenvalue weighted by Gasteiger charge is 2.45. The van der Waals surface area contributed by atoms with Crippen molar-refractivity contribution in [1.82, 2.24) is 30.3 Å². The fourth-order valence-corrected chi connectivity index (χ4v) is 12.5. The Labute approximate surface area is 408 Å². The third-order valence-corrected chi connectivity index (χ3v) is 17.1. The maximum absolute atomic E-state index is 14.7. The number of carbonyl (C=O) groups is 5. The third kappa shape index (κ3) is 14.9. The highest BCUT2D eigenvalue weighted by atomic mass is 33.1. The van der Waals surface area contributed by atoms with Gasteiger partial charge in [-0.2, -0.15) is 0 Å². The van der Waals surface area contributed by atoms with Gasteiger partial charge in [-0.05, 0) is 86.1 Å². The van der Waals surface area contributed by atoms with Crippen molar-refractivity contribution in [2.45, 2.75) is 171 Å². The number of pyridine rings is 1. The molecule has 10 atom stereocenters. The van der Waals surface area contributed by atoms with E-state index >= 15 is 0 Å². The predicted molar refractivity (Wildman–Crippen MR) is 265 cm³/mol. The fourth-order valence-electron chi connectivity index (χ4n) is 9.72. The molecule has 0 aromatic carbocycles. The van der Waals surface area contributed by atoms with Crippen molar-refractivity contribution in [1.29, 1.82) is 0 Å². The average molecular weight is 973 g/mol. The number of nitrogens with one attached hydrogen (secondary N) is 2. The van der Waals surface area contributed by atoms with Gasteiger partial charge in [0, 0.05) is 47.1 Å². The monoisotopic (exact) mass is 973 g/mol. The largest absolute Gasteiger partial charge is 0.448 e. The summed E-state index contributed by atoms with van der Waals surface area (Å²) in [6, 6.07) is 2.70. The number of hydrogen-bond acceptors (Lipinski definition) is 12. The smallest absolute Gasteiger partial charge is 0.410 e. The van der Waals surface area contributed by atoms with Gasteiger partial charge in [0.15, 0.2) is 0 Å². The van der Waals surface area contributed by atoms with Crippen LogP contribution in [0.5, 0.6) is 0 Å². The van der Waals surface area contributed by atoms with E-state index in [4.69, 9.17) is 14.2 Å². The van der Waals surface area contributed by atoms with Crippen LogP contribution in [0.15, 0.2) is 53.7 Å². The van der Waals surface area contributed by atoms with Crippen LogP contribution in [0.1, 0.15) is 113 Å². The van der Waals surface area contributed by atoms with Crippen molar-refractivity contribution in [2.75, 3.05) is 41.5 Å². The van der Waals surface area contributed by atoms with Crippen LogP contribution in [0.4, 0.5) is 4.79 Å². The number of aromatic nitrogens is 1. The lowest BCUT2D eigenvalue weighted by Gasteiger charge is -2.41. The molecule has 1 saturated carbocycles. The van der Waals surface area contributed by atoms with Crippen LogP contribution < -0.4 is 10.6 Å². The van der Waals surface area contributed by atoms with Crippen molar-refractivity contribution in [3.8, 4) is 0 Å². The number of likely N-dealkylation sites (tertiary alicyclic amines) is 1. The zero-order valence-electron chi connectivity index (χ0n) is 42.1. The van der Waals surface area contributed by atoms with Gasteiger partial charge in [0.05, 0.1) is 47.0 Å². The van der Waals surface area contributed by atoms with E-state index in [0.29, 0.717) is 32.2 Å². The Bertz CT molecular complexity index is 1850. The maximum Gasteiger partial charge on any atom is 0.410 e. The van der Waals surface area contributed by atoms with Gasteiger partial charge in [-0.3, -0.25) is 24.1 Å². The number of carbonyl (C=O) groups excluding carboxylic acids is 5. The van der Waals surface area contributed by atoms with Crippen molar-refractivity contribution < 1.29 is 43.3 Å². The molecule has 3 aliphatic rings. The Morgan fingerprint density at radius 3 is 2.21 bits per heavy atom. The van der Waals surface area contributed by atoms with E-state index in [2.05, 4.69) is 15.6 Å². The number of aliphatic hydroxyl groups is 1. The molecule has 2 heterocycles. The summed E-state index contributed by atoms with van der Waals surface area (Å²) in [7, 11) is 9.59. The first-order valence-electron chi connectivity index (χ1n) is 24.2. The summed E-state index contributed by atoms with van der Waals surface area (Å²) in [5.74, 6) is -2.48. The molecule has 0 radical (unpaired) electrons. The Balaban J connectivity index is 1.42. The first-order valence-corrected chi connectivity index (χ1v) is 26.3. The van der Waals surface area contributed by atoms with E-state index < -0.39 is 53.9 Å². The van der Waals surface area contributed by atoms with E-state index in [1.54, 1.807) is 78.9 Å². The molecule has 1 saturated heterocycles. The summed E-state index contributed by atoms with van der Waals surface area (Å²) in [4.78, 5) is 79.6. The quantitative estimate of drug-likeness (QED) is 0.0853. The number of ether oxygens (including phenoxy) is 3. The number of likely N-dealkylation sites (N-methyl/N-ethyl adjacent to an activating group) is 2. The zero-order chi connectivity index (χ0) is 49.6. The highest BCUT2D eigenvalue weighted by molar-refractivity contribution is 8.77. The van der Waals surface area contributed by atoms with Gasteiger partial charge in [0.2, 0.25) is 23.6 Å². The molecule has 15 nitrogen and oxygen atoms in total. The fraction of sp³-hybridized carbons (Fsp3) is 0.720. The first-order chi connectivity index (χ1) is 31.7. The Kier molecular flexibility index (Phi) is 21.6. The third-order valence-electron chi connectivity index (χ3n) is 13.9. The summed E-state index contributed by atoms with van der Waals surface area (Å²) in [5.41, 5.74) is -1.03. The lowest BCUT2D eigenvalue weighted by molar-refractivity contribution is -0.148. The molecule has 0 bridgehead atoms. The van der Waals surface area contributed by atoms with Gasteiger partial charge >= 0.3 is 6.09 Å². The molecule has 1 aliphatic heterocycles. The number of amides is 5. The van der Waals surface area contributed by atoms with Gasteiger partial charge in [-0.15, -0.1) is 0 Å². The van der Waals surface area contributed by atoms with Crippen LogP contribution in [0.3, 0.4) is 0 Å². The number of allylic oxidation sites excluding steroid dienone is 2. The van der Waals surface area contributed by atoms with E-state index in [1.807, 2.05) is 84.9 Å². The summed E-state index contributed by atoms with van der Waals surface area (Å²) in [6.45, 7) is 15.9. The summed E-state index contributed by atoms with van der Waals surface area (Å²) in [6.07, 6.45) is 13.0. The predicted octanol–water partition coefficient (Wildman–Crippen LogP) is 7.04. The second-order valence-electron chi connectivity index (χ2n) is 19.8. The molecule has 0 unspecified atom stereocenters. The van der Waals surface area contributed by atoms with Crippen molar-refractivity contribution in [3.05, 3.63) is 48.7 Å². The minimum absolute atomic E-state index is 0.0170. The number of rotatable bonds is 25. The van der Waals surface area contributed by atoms with Crippen LogP contribution in [0.2, 0.25) is 0 Å². The van der Waals surface area contributed by atoms with Crippen LogP contribution >= 0.6 is 21.6 Å². The second-order valence-corrected chi connectivity index (χ2v) is 22.4. The van der Waals surface area contributed by atoms with Gasteiger partial charge in [0.1, 0.15) is 23.7 Å². The molecule has 1 aromatic rings. The molecule has 5 amide bonds. The van der Waals surface area contributed by atoms with E-state index in [1.165, 1.54) is 4.90 Å². The second kappa shape index (κ2) is 25.8. The maximum atomic E-state index is 14.7. The molecule has 0 spiro atoms. The summed E-state index contributed by atoms with van der Waals surface area (Å²) >= 11 is 0. The number of methoxy groups -OCH3 is 2. The minimum atomic E-state index is -1.03. The lowest BCUT2D eigenvalue weighted by atomic mass is 9.85. The minimum Gasteiger partial charge on any atom is -0.448 e. The van der Waals surface area contributed by atoms with Crippen molar-refractivity contribution in [2.24, 2.45) is 23.7 Å². The molecule has 2 aliphatic carbocycles. The molecular weight excluding hydrogens is 893 g/mol. The normalized spacial score (nSPS) is 22.4. The van der Waals surface area contributed by atoms with E-state index in [-0.39, 0.29) is 65.3 Å². The van der Waals surface area contributed by atoms with Gasteiger partial charge in [0.25, 0.3) is 0 Å². The lowest BCUT2D eigenvalue weighted by Crippen LogP contribution is -2.60. The molecular formula is C50H80N6O9S2. The van der Waals surface area contributed by atoms with Gasteiger partial charge in [-0.1, -0.05) is 102 Å². The van der Waals surface area contributed by atoms with Crippen molar-refractivity contribution >= 4 is 51.3 Å². The molecule has 3 N–H and O–H groups in total. The zero-order valence-corrected chi connectivity index (χ0v) is 43.7. The topological polar surface area (TPSA) is 180 Å². The van der Waals surface area contributed by atoms with Crippen molar-refractivity contribution in [3.63, 3.8) is 0 Å². The Morgan fingerprint density at radius 1 is 0.940 bits per heavy atom. The number of nitrogens with zero attached hydrogens (tertiary/aromatic N) is 4. The van der Waals surface area contributed by atoms with Crippen LogP contribution in [0, 0.1) is 23.7 Å². The first kappa shape index (κ1) is 56.0. The molecule has 1 aromatic heterocycles. The Morgan fingerprint density at radius 2 is 1.66 bits per heavy atom. The van der Waals surface area contributed by atoms with Crippen LogP contribution in [0.25, 0.3) is 0 Å². The molecule has 4 rings (SSSR count). The Hall–Kier alpha value is -3.64. The molecule has 67 heavy (non-hydrogen) atoms. The standard InChI is InChI=1S/C50H80N6O9S2/c1-13-34(6)43(38(63-11)29-40(57)56-28-19-21-37(56)44(64-12)36(8)45(58)52-35(7)30-49(62)23-16-14-17-24-49)54(9)47(60)41(32(2)3)53-46(59)42(33(4)5)55(10)48(61)65-31-50(25-20-26-50)67-66-39-22-15-18-27-51-39/h14-18,22-23,27,32-38,41-44,62H,13,19-21,24-26,28-31H2,1-12H3,(H,52,58)(H,53,59)/t34-,35+,36+,37+,38+,41-,42-,43-,44+,49-/m0/s1. The van der Waals surface area contributed by atoms with Gasteiger partial charge in [-0.25, -0.2) is 9.78 Å². The highest BCUT2D eigenvalue weighted by Crippen LogP contribution is 2.51. The van der Waals surface area contributed by atoms with Crippen LogP contribution in [-0.4, -0.2) is 149 Å².